The molecule has 276 valence electrons. The summed E-state index contributed by atoms with van der Waals surface area (Å²) in [6.07, 6.45) is 5.35. The van der Waals surface area contributed by atoms with Gasteiger partial charge < -0.3 is 24.9 Å². The lowest BCUT2D eigenvalue weighted by Gasteiger charge is -2.40. The van der Waals surface area contributed by atoms with Crippen molar-refractivity contribution in [3.05, 3.63) is 94.1 Å². The number of nitrogens with zero attached hydrogens (tertiary/aromatic N) is 4. The number of rotatable bonds is 16. The van der Waals surface area contributed by atoms with Gasteiger partial charge in [0.15, 0.2) is 0 Å². The van der Waals surface area contributed by atoms with Crippen LogP contribution in [0.4, 0.5) is 21.5 Å². The van der Waals surface area contributed by atoms with E-state index >= 15 is 4.39 Å². The lowest BCUT2D eigenvalue weighted by molar-refractivity contribution is -0.126. The van der Waals surface area contributed by atoms with Crippen molar-refractivity contribution >= 4 is 35.5 Å². The van der Waals surface area contributed by atoms with Gasteiger partial charge in [0.25, 0.3) is 0 Å². The van der Waals surface area contributed by atoms with Gasteiger partial charge >= 0.3 is 0 Å². The van der Waals surface area contributed by atoms with Gasteiger partial charge in [0.2, 0.25) is 5.91 Å². The first-order valence-electron chi connectivity index (χ1n) is 18.2. The molecule has 2 N–H and O–H groups in total. The lowest BCUT2D eigenvalue weighted by Crippen LogP contribution is -2.43. The summed E-state index contributed by atoms with van der Waals surface area (Å²) in [5, 5.41) is 20.0. The molecule has 0 spiro atoms. The monoisotopic (exact) mass is 718 g/mol. The summed E-state index contributed by atoms with van der Waals surface area (Å²) in [6.45, 7) is 6.93. The van der Waals surface area contributed by atoms with Crippen LogP contribution in [0.15, 0.2) is 59.1 Å². The highest BCUT2D eigenvalue weighted by molar-refractivity contribution is 5.82. The Labute approximate surface area is 310 Å². The Kier molecular flexibility index (Phi) is 11.1. The van der Waals surface area contributed by atoms with Crippen molar-refractivity contribution in [2.75, 3.05) is 30.9 Å². The molecule has 3 aromatic carbocycles. The zero-order valence-electron chi connectivity index (χ0n) is 31.0. The van der Waals surface area contributed by atoms with E-state index in [0.29, 0.717) is 29.9 Å². The molecule has 11 heteroatoms. The molecule has 6 rings (SSSR count). The van der Waals surface area contributed by atoms with E-state index in [2.05, 4.69) is 76.1 Å². The SMILES string of the molecule is CNC(=O)C(CCC=O)N(C)Cc1cc(NC2CC(CN(c3ccc(C4(C#N)CC4)cc3)c3cc(-c4c(C)noc4C)ccc3C)C2)c(F)cc1C=O. The highest BCUT2D eigenvalue weighted by Gasteiger charge is 2.44. The number of aldehydes is 2. The highest BCUT2D eigenvalue weighted by atomic mass is 19.1. The van der Waals surface area contributed by atoms with E-state index in [9.17, 15) is 19.6 Å². The number of carbonyl (C=O) groups excluding carboxylic acids is 3. The summed E-state index contributed by atoms with van der Waals surface area (Å²) in [4.78, 5) is 39.7. The molecule has 1 atom stereocenters. The summed E-state index contributed by atoms with van der Waals surface area (Å²) >= 11 is 0. The maximum absolute atomic E-state index is 15.4. The number of nitriles is 1. The van der Waals surface area contributed by atoms with Crippen LogP contribution in [0.3, 0.4) is 0 Å². The Balaban J connectivity index is 1.21. The van der Waals surface area contributed by atoms with Gasteiger partial charge in [-0.2, -0.15) is 5.26 Å². The average Bonchev–Trinajstić information content (AvgIpc) is 3.88. The van der Waals surface area contributed by atoms with Crippen LogP contribution in [0.5, 0.6) is 0 Å². The predicted octanol–water partition coefficient (Wildman–Crippen LogP) is 7.33. The smallest absolute Gasteiger partial charge is 0.237 e. The van der Waals surface area contributed by atoms with Crippen molar-refractivity contribution in [2.24, 2.45) is 5.92 Å². The molecule has 0 radical (unpaired) electrons. The standard InChI is InChI=1S/C42H47FN6O4/c1-26-8-9-30(40-27(2)47-53-28(40)3)21-39(26)49(35-12-10-33(11-13-35)42(25-44)14-15-42)22-29-17-34(18-29)46-37-20-31(32(24-51)19-36(37)43)23-48(5)38(7-6-16-50)41(52)45-4/h8-13,16,19-21,24,29,34,38,46H,6-7,14-15,17-18,22-23H2,1-5H3,(H,45,52). The third-order valence-corrected chi connectivity index (χ3v) is 11.0. The van der Waals surface area contributed by atoms with Gasteiger partial charge in [-0.25, -0.2) is 4.39 Å². The fraction of sp³-hybridized carbons (Fsp3) is 0.405. The van der Waals surface area contributed by atoms with Crippen LogP contribution in [-0.2, 0) is 21.5 Å². The molecule has 2 aliphatic carbocycles. The molecule has 2 aliphatic rings. The summed E-state index contributed by atoms with van der Waals surface area (Å²) in [6, 6.07) is 19.6. The Morgan fingerprint density at radius 3 is 2.45 bits per heavy atom. The van der Waals surface area contributed by atoms with E-state index in [1.807, 2.05) is 13.8 Å². The molecule has 2 saturated carbocycles. The van der Waals surface area contributed by atoms with Crippen molar-refractivity contribution in [3.63, 3.8) is 0 Å². The molecule has 1 aromatic heterocycles. The van der Waals surface area contributed by atoms with Crippen molar-refractivity contribution in [1.29, 1.82) is 5.26 Å². The van der Waals surface area contributed by atoms with Gasteiger partial charge in [-0.05, 0) is 118 Å². The summed E-state index contributed by atoms with van der Waals surface area (Å²) in [5.41, 5.74) is 7.87. The zero-order chi connectivity index (χ0) is 37.9. The second kappa shape index (κ2) is 15.7. The van der Waals surface area contributed by atoms with Gasteiger partial charge in [-0.3, -0.25) is 14.5 Å². The number of hydrogen-bond acceptors (Lipinski definition) is 9. The molecular formula is C42H47FN6O4. The van der Waals surface area contributed by atoms with Crippen LogP contribution >= 0.6 is 0 Å². The Morgan fingerprint density at radius 2 is 1.85 bits per heavy atom. The normalized spacial score (nSPS) is 17.7. The Morgan fingerprint density at radius 1 is 1.11 bits per heavy atom. The molecule has 10 nitrogen and oxygen atoms in total. The molecule has 2 fully saturated rings. The van der Waals surface area contributed by atoms with Gasteiger partial charge in [-0.15, -0.1) is 0 Å². The summed E-state index contributed by atoms with van der Waals surface area (Å²) in [5.74, 6) is 0.328. The fourth-order valence-corrected chi connectivity index (χ4v) is 7.64. The van der Waals surface area contributed by atoms with Crippen LogP contribution in [0, 0.1) is 43.8 Å². The van der Waals surface area contributed by atoms with E-state index in [0.717, 1.165) is 83.6 Å². The second-order valence-corrected chi connectivity index (χ2v) is 14.7. The molecule has 0 aliphatic heterocycles. The Hall–Kier alpha value is -5.34. The van der Waals surface area contributed by atoms with Crippen LogP contribution in [0.25, 0.3) is 11.1 Å². The maximum Gasteiger partial charge on any atom is 0.237 e. The largest absolute Gasteiger partial charge is 0.380 e. The first-order valence-corrected chi connectivity index (χ1v) is 18.2. The minimum atomic E-state index is -0.576. The number of likely N-dealkylation sites (N-methyl/N-ethyl adjacent to an activating group) is 2. The third-order valence-electron chi connectivity index (χ3n) is 11.0. The molecule has 0 bridgehead atoms. The van der Waals surface area contributed by atoms with Gasteiger partial charge in [0.1, 0.15) is 24.1 Å². The van der Waals surface area contributed by atoms with Crippen molar-refractivity contribution < 1.29 is 23.3 Å². The number of halogens is 1. The Bertz CT molecular complexity index is 2010. The van der Waals surface area contributed by atoms with E-state index in [-0.39, 0.29) is 35.9 Å². The van der Waals surface area contributed by atoms with Crippen molar-refractivity contribution in [2.45, 2.75) is 83.3 Å². The number of nitrogens with one attached hydrogen (secondary N) is 2. The van der Waals surface area contributed by atoms with E-state index in [1.54, 1.807) is 25.1 Å². The number of carbonyl (C=O) groups is 3. The molecular weight excluding hydrogens is 671 g/mol. The number of anilines is 3. The minimum Gasteiger partial charge on any atom is -0.380 e. The predicted molar refractivity (Wildman–Crippen MR) is 203 cm³/mol. The van der Waals surface area contributed by atoms with Gasteiger partial charge in [0.05, 0.1) is 28.9 Å². The number of aryl methyl sites for hydroxylation is 3. The molecule has 1 amide bonds. The quantitative estimate of drug-likeness (QED) is 0.114. The van der Waals surface area contributed by atoms with Gasteiger partial charge in [0, 0.05) is 55.1 Å². The first-order chi connectivity index (χ1) is 25.5. The molecule has 4 aromatic rings. The third kappa shape index (κ3) is 7.88. The van der Waals surface area contributed by atoms with Crippen molar-refractivity contribution in [1.82, 2.24) is 15.4 Å². The van der Waals surface area contributed by atoms with Crippen molar-refractivity contribution in [3.8, 4) is 17.2 Å². The minimum absolute atomic E-state index is 0.0256. The van der Waals surface area contributed by atoms with Gasteiger partial charge in [-0.1, -0.05) is 29.4 Å². The topological polar surface area (TPSA) is 132 Å². The highest BCUT2D eigenvalue weighted by Crippen LogP contribution is 2.48. The number of amides is 1. The van der Waals surface area contributed by atoms with E-state index in [1.165, 1.54) is 6.07 Å². The average molecular weight is 719 g/mol. The molecule has 1 heterocycles. The van der Waals surface area contributed by atoms with Crippen LogP contribution in [-0.4, -0.2) is 61.3 Å². The van der Waals surface area contributed by atoms with Crippen LogP contribution in [0.1, 0.15) is 77.0 Å². The van der Waals surface area contributed by atoms with Crippen LogP contribution in [0.2, 0.25) is 0 Å². The zero-order valence-corrected chi connectivity index (χ0v) is 31.0. The summed E-state index contributed by atoms with van der Waals surface area (Å²) in [7, 11) is 3.30. The van der Waals surface area contributed by atoms with Crippen LogP contribution < -0.4 is 15.5 Å². The number of benzene rings is 3. The second-order valence-electron chi connectivity index (χ2n) is 14.7. The maximum atomic E-state index is 15.4. The summed E-state index contributed by atoms with van der Waals surface area (Å²) < 4.78 is 20.9. The van der Waals surface area contributed by atoms with E-state index < -0.39 is 11.9 Å². The van der Waals surface area contributed by atoms with E-state index in [4.69, 9.17) is 4.52 Å². The first kappa shape index (κ1) is 37.4. The molecule has 53 heavy (non-hydrogen) atoms. The molecule has 0 saturated heterocycles. The lowest BCUT2D eigenvalue weighted by atomic mass is 9.79. The molecule has 1 unspecified atom stereocenters. The number of hydrogen-bond donors (Lipinski definition) is 2. The number of aromatic nitrogens is 1. The fourth-order valence-electron chi connectivity index (χ4n) is 7.64.